The van der Waals surface area contributed by atoms with E-state index >= 15 is 0 Å². The first-order valence-corrected chi connectivity index (χ1v) is 8.90. The summed E-state index contributed by atoms with van der Waals surface area (Å²) in [4.78, 5) is 5.21. The summed E-state index contributed by atoms with van der Waals surface area (Å²) in [6, 6.07) is 0. The molecule has 0 amide bonds. The average molecular weight is 269 g/mol. The van der Waals surface area contributed by atoms with Gasteiger partial charge >= 0.3 is 0 Å². The van der Waals surface area contributed by atoms with Crippen molar-refractivity contribution in [3.05, 3.63) is 0 Å². The van der Waals surface area contributed by atoms with Crippen LogP contribution in [0, 0.1) is 0 Å². The Morgan fingerprint density at radius 2 is 1.67 bits per heavy atom. The number of hydrogen-bond acceptors (Lipinski definition) is 2. The summed E-state index contributed by atoms with van der Waals surface area (Å²) in [5.74, 6) is 1.19. The molecule has 1 rings (SSSR count). The van der Waals surface area contributed by atoms with Crippen LogP contribution >= 0.6 is 11.8 Å². The highest BCUT2D eigenvalue weighted by atomic mass is 32.2. The molecular formula is C16H31NS. The molecule has 1 nitrogen and oxygen atoms in total. The number of nitrogens with zero attached hydrogens (tertiary/aromatic N) is 1. The number of rotatable bonds is 10. The highest BCUT2D eigenvalue weighted by molar-refractivity contribution is 8.01. The van der Waals surface area contributed by atoms with Gasteiger partial charge in [-0.05, 0) is 26.2 Å². The van der Waals surface area contributed by atoms with Gasteiger partial charge in [0.1, 0.15) is 4.87 Å². The van der Waals surface area contributed by atoms with E-state index in [0.29, 0.717) is 0 Å². The standard InChI is InChI=1S/C16H31NS/c1-4-6-8-10-12-15-14-18-16(3,17-15)13-11-9-7-5-2/h4-14H2,1-3H3. The van der Waals surface area contributed by atoms with E-state index in [0.717, 1.165) is 0 Å². The third-order valence-electron chi connectivity index (χ3n) is 3.76. The minimum Gasteiger partial charge on any atom is -0.276 e. The Hall–Kier alpha value is 0.0200. The summed E-state index contributed by atoms with van der Waals surface area (Å²) in [6.07, 6.45) is 13.4. The van der Waals surface area contributed by atoms with Gasteiger partial charge in [0.05, 0.1) is 0 Å². The molecule has 0 aromatic carbocycles. The summed E-state index contributed by atoms with van der Waals surface area (Å²) in [6.45, 7) is 6.89. The molecule has 0 aromatic heterocycles. The largest absolute Gasteiger partial charge is 0.276 e. The van der Waals surface area contributed by atoms with Gasteiger partial charge in [0.15, 0.2) is 0 Å². The normalized spacial score (nSPS) is 23.4. The molecule has 106 valence electrons. The van der Waals surface area contributed by atoms with E-state index in [-0.39, 0.29) is 4.87 Å². The van der Waals surface area contributed by atoms with E-state index in [1.807, 2.05) is 0 Å². The predicted octanol–water partition coefficient (Wildman–Crippen LogP) is 5.83. The second-order valence-corrected chi connectivity index (χ2v) is 7.22. The summed E-state index contributed by atoms with van der Waals surface area (Å²) >= 11 is 2.07. The fourth-order valence-electron chi connectivity index (χ4n) is 2.53. The topological polar surface area (TPSA) is 12.4 Å². The SMILES string of the molecule is CCCCCCC1=NC(C)(CCCCCC)SC1. The van der Waals surface area contributed by atoms with Crippen LogP contribution < -0.4 is 0 Å². The Morgan fingerprint density at radius 1 is 1.00 bits per heavy atom. The smallest absolute Gasteiger partial charge is 0.103 e. The maximum absolute atomic E-state index is 4.99. The van der Waals surface area contributed by atoms with Gasteiger partial charge in [-0.2, -0.15) is 0 Å². The number of hydrogen-bond donors (Lipinski definition) is 0. The van der Waals surface area contributed by atoms with E-state index in [9.17, 15) is 0 Å². The van der Waals surface area contributed by atoms with E-state index in [1.165, 1.54) is 75.7 Å². The van der Waals surface area contributed by atoms with Crippen molar-refractivity contribution >= 4 is 17.5 Å². The van der Waals surface area contributed by atoms with E-state index in [4.69, 9.17) is 4.99 Å². The van der Waals surface area contributed by atoms with Crippen LogP contribution in [0.2, 0.25) is 0 Å². The first-order valence-electron chi connectivity index (χ1n) is 7.91. The first-order chi connectivity index (χ1) is 8.70. The Bertz CT molecular complexity index is 249. The predicted molar refractivity (Wildman–Crippen MR) is 85.8 cm³/mol. The van der Waals surface area contributed by atoms with Crippen LogP contribution in [0.25, 0.3) is 0 Å². The van der Waals surface area contributed by atoms with Gasteiger partial charge < -0.3 is 0 Å². The van der Waals surface area contributed by atoms with Gasteiger partial charge in [-0.25, -0.2) is 0 Å². The summed E-state index contributed by atoms with van der Waals surface area (Å²) in [7, 11) is 0. The first kappa shape index (κ1) is 16.1. The highest BCUT2D eigenvalue weighted by Gasteiger charge is 2.29. The second kappa shape index (κ2) is 9.01. The van der Waals surface area contributed by atoms with Crippen LogP contribution in [0.3, 0.4) is 0 Å². The van der Waals surface area contributed by atoms with Gasteiger partial charge in [0.25, 0.3) is 0 Å². The van der Waals surface area contributed by atoms with Crippen molar-refractivity contribution in [2.45, 2.75) is 89.9 Å². The minimum atomic E-state index is 0.216. The van der Waals surface area contributed by atoms with E-state index in [1.54, 1.807) is 0 Å². The molecule has 1 aliphatic heterocycles. The van der Waals surface area contributed by atoms with Gasteiger partial charge in [-0.15, -0.1) is 11.8 Å². The van der Waals surface area contributed by atoms with Crippen LogP contribution in [-0.2, 0) is 0 Å². The van der Waals surface area contributed by atoms with Crippen molar-refractivity contribution in [3.63, 3.8) is 0 Å². The van der Waals surface area contributed by atoms with Crippen molar-refractivity contribution in [1.82, 2.24) is 0 Å². The summed E-state index contributed by atoms with van der Waals surface area (Å²) in [5, 5.41) is 0. The number of aliphatic imine (C=N–C) groups is 1. The Kier molecular flexibility index (Phi) is 8.05. The molecule has 18 heavy (non-hydrogen) atoms. The molecule has 0 saturated carbocycles. The van der Waals surface area contributed by atoms with Gasteiger partial charge in [0.2, 0.25) is 0 Å². The zero-order valence-electron chi connectivity index (χ0n) is 12.6. The second-order valence-electron chi connectivity index (χ2n) is 5.76. The minimum absolute atomic E-state index is 0.216. The maximum Gasteiger partial charge on any atom is 0.103 e. The molecule has 1 unspecified atom stereocenters. The van der Waals surface area contributed by atoms with Crippen molar-refractivity contribution < 1.29 is 0 Å². The van der Waals surface area contributed by atoms with E-state index < -0.39 is 0 Å². The maximum atomic E-state index is 4.99. The summed E-state index contributed by atoms with van der Waals surface area (Å²) < 4.78 is 0. The lowest BCUT2D eigenvalue weighted by atomic mass is 10.1. The van der Waals surface area contributed by atoms with Crippen molar-refractivity contribution in [3.8, 4) is 0 Å². The lowest BCUT2D eigenvalue weighted by molar-refractivity contribution is 0.548. The number of unbranched alkanes of at least 4 members (excludes halogenated alkanes) is 6. The molecule has 0 spiro atoms. The number of thioether (sulfide) groups is 1. The molecule has 0 aromatic rings. The highest BCUT2D eigenvalue weighted by Crippen LogP contribution is 2.38. The monoisotopic (exact) mass is 269 g/mol. The van der Waals surface area contributed by atoms with Crippen molar-refractivity contribution in [1.29, 1.82) is 0 Å². The molecule has 0 aliphatic carbocycles. The molecule has 0 radical (unpaired) electrons. The molecular weight excluding hydrogens is 238 g/mol. The Morgan fingerprint density at radius 3 is 2.33 bits per heavy atom. The molecule has 0 bridgehead atoms. The van der Waals surface area contributed by atoms with Crippen LogP contribution in [0.15, 0.2) is 4.99 Å². The molecule has 1 aliphatic rings. The van der Waals surface area contributed by atoms with Gasteiger partial charge in [-0.3, -0.25) is 4.99 Å². The molecule has 2 heteroatoms. The fraction of sp³-hybridized carbons (Fsp3) is 0.938. The van der Waals surface area contributed by atoms with Crippen LogP contribution in [0.5, 0.6) is 0 Å². The van der Waals surface area contributed by atoms with Crippen molar-refractivity contribution in [2.24, 2.45) is 4.99 Å². The van der Waals surface area contributed by atoms with Gasteiger partial charge in [0, 0.05) is 11.5 Å². The molecule has 0 fully saturated rings. The van der Waals surface area contributed by atoms with Crippen LogP contribution in [0.4, 0.5) is 0 Å². The average Bonchev–Trinajstić information content (AvgIpc) is 2.73. The van der Waals surface area contributed by atoms with E-state index in [2.05, 4.69) is 32.5 Å². The zero-order chi connectivity index (χ0) is 13.3. The summed E-state index contributed by atoms with van der Waals surface area (Å²) in [5.41, 5.74) is 1.48. The third-order valence-corrected chi connectivity index (χ3v) is 5.15. The molecule has 0 saturated heterocycles. The van der Waals surface area contributed by atoms with Gasteiger partial charge in [-0.1, -0.05) is 58.8 Å². The molecule has 0 N–H and O–H groups in total. The molecule has 1 heterocycles. The quantitative estimate of drug-likeness (QED) is 0.454. The van der Waals surface area contributed by atoms with Crippen LogP contribution in [0.1, 0.15) is 85.0 Å². The fourth-order valence-corrected chi connectivity index (χ4v) is 3.70. The lowest BCUT2D eigenvalue weighted by Gasteiger charge is -2.19. The van der Waals surface area contributed by atoms with Crippen molar-refractivity contribution in [2.75, 3.05) is 5.75 Å². The van der Waals surface area contributed by atoms with Crippen LogP contribution in [-0.4, -0.2) is 16.3 Å². The third kappa shape index (κ3) is 6.26. The Labute approximate surface area is 118 Å². The molecule has 1 atom stereocenters. The lowest BCUT2D eigenvalue weighted by Crippen LogP contribution is -2.13. The zero-order valence-corrected chi connectivity index (χ0v) is 13.5. The Balaban J connectivity index is 2.20.